The fourth-order valence-electron chi connectivity index (χ4n) is 2.14. The highest BCUT2D eigenvalue weighted by molar-refractivity contribution is 9.10. The molecular formula is C17H18BrN3O2. The van der Waals surface area contributed by atoms with Crippen molar-refractivity contribution in [3.05, 3.63) is 58.3 Å². The smallest absolute Gasteiger partial charge is 0.274 e. The van der Waals surface area contributed by atoms with Crippen molar-refractivity contribution in [2.45, 2.75) is 13.8 Å². The summed E-state index contributed by atoms with van der Waals surface area (Å²) < 4.78 is 0.869. The van der Waals surface area contributed by atoms with Crippen LogP contribution >= 0.6 is 15.9 Å². The summed E-state index contributed by atoms with van der Waals surface area (Å²) in [6, 6.07) is 10.4. The molecule has 0 atom stereocenters. The third-order valence-electron chi connectivity index (χ3n) is 3.37. The SMILES string of the molecule is CCN(CC)C(=O)c1ccnc(C(=O)Nc2cccc(Br)c2)c1. The quantitative estimate of drug-likeness (QED) is 0.868. The summed E-state index contributed by atoms with van der Waals surface area (Å²) in [7, 11) is 0. The highest BCUT2D eigenvalue weighted by Crippen LogP contribution is 2.16. The van der Waals surface area contributed by atoms with Gasteiger partial charge in [-0.15, -0.1) is 0 Å². The van der Waals surface area contributed by atoms with Crippen molar-refractivity contribution < 1.29 is 9.59 Å². The van der Waals surface area contributed by atoms with E-state index in [2.05, 4.69) is 26.2 Å². The molecule has 0 fully saturated rings. The molecule has 0 saturated heterocycles. The zero-order chi connectivity index (χ0) is 16.8. The maximum Gasteiger partial charge on any atom is 0.274 e. The Hall–Kier alpha value is -2.21. The summed E-state index contributed by atoms with van der Waals surface area (Å²) in [4.78, 5) is 30.4. The van der Waals surface area contributed by atoms with E-state index in [1.54, 1.807) is 23.1 Å². The van der Waals surface area contributed by atoms with E-state index in [4.69, 9.17) is 0 Å². The van der Waals surface area contributed by atoms with Gasteiger partial charge >= 0.3 is 0 Å². The third-order valence-corrected chi connectivity index (χ3v) is 3.87. The lowest BCUT2D eigenvalue weighted by Gasteiger charge is -2.18. The van der Waals surface area contributed by atoms with Crippen LogP contribution in [0.2, 0.25) is 0 Å². The standard InChI is InChI=1S/C17H18BrN3O2/c1-3-21(4-2)17(23)12-8-9-19-15(10-12)16(22)20-14-7-5-6-13(18)11-14/h5-11H,3-4H2,1-2H3,(H,20,22). The van der Waals surface area contributed by atoms with Gasteiger partial charge in [0, 0.05) is 35.0 Å². The number of carbonyl (C=O) groups excluding carboxylic acids is 2. The summed E-state index contributed by atoms with van der Waals surface area (Å²) in [5.41, 5.74) is 1.33. The Morgan fingerprint density at radius 3 is 2.57 bits per heavy atom. The number of hydrogen-bond donors (Lipinski definition) is 1. The molecule has 0 aliphatic rings. The Morgan fingerprint density at radius 1 is 1.17 bits per heavy atom. The Morgan fingerprint density at radius 2 is 1.91 bits per heavy atom. The van der Waals surface area contributed by atoms with E-state index in [1.807, 2.05) is 26.0 Å². The summed E-state index contributed by atoms with van der Waals surface area (Å²) >= 11 is 3.35. The fraction of sp³-hybridized carbons (Fsp3) is 0.235. The Labute approximate surface area is 143 Å². The number of pyridine rings is 1. The van der Waals surface area contributed by atoms with Crippen molar-refractivity contribution in [2.75, 3.05) is 18.4 Å². The topological polar surface area (TPSA) is 62.3 Å². The maximum absolute atomic E-state index is 12.3. The van der Waals surface area contributed by atoms with Crippen LogP contribution in [0.1, 0.15) is 34.7 Å². The van der Waals surface area contributed by atoms with Gasteiger partial charge in [-0.25, -0.2) is 0 Å². The van der Waals surface area contributed by atoms with E-state index < -0.39 is 0 Å². The van der Waals surface area contributed by atoms with Gasteiger partial charge in [0.15, 0.2) is 0 Å². The van der Waals surface area contributed by atoms with E-state index in [9.17, 15) is 9.59 Å². The van der Waals surface area contributed by atoms with Gasteiger partial charge in [-0.1, -0.05) is 22.0 Å². The van der Waals surface area contributed by atoms with Crippen LogP contribution in [0, 0.1) is 0 Å². The minimum absolute atomic E-state index is 0.103. The van der Waals surface area contributed by atoms with Crippen molar-refractivity contribution in [1.82, 2.24) is 9.88 Å². The molecule has 1 aromatic heterocycles. The van der Waals surface area contributed by atoms with Crippen LogP contribution in [-0.2, 0) is 0 Å². The minimum Gasteiger partial charge on any atom is -0.339 e. The highest BCUT2D eigenvalue weighted by atomic mass is 79.9. The summed E-state index contributed by atoms with van der Waals surface area (Å²) in [6.45, 7) is 5.08. The minimum atomic E-state index is -0.350. The molecule has 1 N–H and O–H groups in total. The van der Waals surface area contributed by atoms with Gasteiger partial charge in [0.25, 0.3) is 11.8 Å². The van der Waals surface area contributed by atoms with Crippen molar-refractivity contribution >= 4 is 33.4 Å². The lowest BCUT2D eigenvalue weighted by Crippen LogP contribution is -2.30. The zero-order valence-corrected chi connectivity index (χ0v) is 14.6. The van der Waals surface area contributed by atoms with Crippen LogP contribution in [0.15, 0.2) is 47.1 Å². The Kier molecular flexibility index (Phi) is 5.87. The molecule has 2 amide bonds. The lowest BCUT2D eigenvalue weighted by molar-refractivity contribution is 0.0773. The first-order valence-electron chi connectivity index (χ1n) is 7.37. The number of nitrogens with one attached hydrogen (secondary N) is 1. The van der Waals surface area contributed by atoms with Crippen LogP contribution in [0.25, 0.3) is 0 Å². The molecule has 2 aromatic rings. The molecule has 0 saturated carbocycles. The number of hydrogen-bond acceptors (Lipinski definition) is 3. The molecule has 0 spiro atoms. The molecule has 120 valence electrons. The molecule has 6 heteroatoms. The number of amides is 2. The Bertz CT molecular complexity index is 714. The molecule has 1 heterocycles. The first-order valence-corrected chi connectivity index (χ1v) is 8.16. The molecule has 0 bridgehead atoms. The first-order chi connectivity index (χ1) is 11.0. The largest absolute Gasteiger partial charge is 0.339 e. The predicted molar refractivity (Wildman–Crippen MR) is 93.6 cm³/mol. The molecule has 23 heavy (non-hydrogen) atoms. The molecule has 1 aromatic carbocycles. The van der Waals surface area contributed by atoms with Gasteiger partial charge < -0.3 is 10.2 Å². The van der Waals surface area contributed by atoms with Crippen molar-refractivity contribution in [1.29, 1.82) is 0 Å². The number of aromatic nitrogens is 1. The number of rotatable bonds is 5. The van der Waals surface area contributed by atoms with E-state index in [0.29, 0.717) is 24.3 Å². The summed E-state index contributed by atoms with van der Waals surface area (Å²) in [5.74, 6) is -0.453. The lowest BCUT2D eigenvalue weighted by atomic mass is 10.2. The second kappa shape index (κ2) is 7.87. The fourth-order valence-corrected chi connectivity index (χ4v) is 2.54. The highest BCUT2D eigenvalue weighted by Gasteiger charge is 2.15. The van der Waals surface area contributed by atoms with Crippen LogP contribution in [0.5, 0.6) is 0 Å². The number of benzene rings is 1. The van der Waals surface area contributed by atoms with Gasteiger partial charge in [0.05, 0.1) is 0 Å². The number of nitrogens with zero attached hydrogens (tertiary/aromatic N) is 2. The molecule has 2 rings (SSSR count). The normalized spacial score (nSPS) is 10.2. The second-order valence-corrected chi connectivity index (χ2v) is 5.79. The average Bonchev–Trinajstić information content (AvgIpc) is 2.56. The van der Waals surface area contributed by atoms with Gasteiger partial charge in [0.1, 0.15) is 5.69 Å². The molecule has 0 aliphatic heterocycles. The van der Waals surface area contributed by atoms with Crippen molar-refractivity contribution in [2.24, 2.45) is 0 Å². The number of halogens is 1. The van der Waals surface area contributed by atoms with Crippen LogP contribution in [-0.4, -0.2) is 34.8 Å². The molecule has 0 unspecified atom stereocenters. The average molecular weight is 376 g/mol. The molecule has 5 nitrogen and oxygen atoms in total. The third kappa shape index (κ3) is 4.39. The maximum atomic E-state index is 12.3. The van der Waals surface area contributed by atoms with E-state index in [1.165, 1.54) is 12.3 Å². The van der Waals surface area contributed by atoms with Gasteiger partial charge in [-0.3, -0.25) is 14.6 Å². The second-order valence-electron chi connectivity index (χ2n) is 4.87. The number of anilines is 1. The predicted octanol–water partition coefficient (Wildman–Crippen LogP) is 3.58. The zero-order valence-electron chi connectivity index (χ0n) is 13.0. The molecule has 0 radical (unpaired) electrons. The van der Waals surface area contributed by atoms with Crippen LogP contribution in [0.3, 0.4) is 0 Å². The van der Waals surface area contributed by atoms with Crippen molar-refractivity contribution in [3.8, 4) is 0 Å². The van der Waals surface area contributed by atoms with E-state index >= 15 is 0 Å². The summed E-state index contributed by atoms with van der Waals surface area (Å²) in [5, 5.41) is 2.77. The summed E-state index contributed by atoms with van der Waals surface area (Å²) in [6.07, 6.45) is 1.48. The van der Waals surface area contributed by atoms with E-state index in [-0.39, 0.29) is 17.5 Å². The van der Waals surface area contributed by atoms with Crippen LogP contribution < -0.4 is 5.32 Å². The Balaban J connectivity index is 2.19. The van der Waals surface area contributed by atoms with Gasteiger partial charge in [0.2, 0.25) is 0 Å². The first kappa shape index (κ1) is 17.1. The van der Waals surface area contributed by atoms with Crippen LogP contribution in [0.4, 0.5) is 5.69 Å². The molecular weight excluding hydrogens is 358 g/mol. The van der Waals surface area contributed by atoms with E-state index in [0.717, 1.165) is 4.47 Å². The van der Waals surface area contributed by atoms with Gasteiger partial charge in [-0.05, 0) is 44.2 Å². The number of carbonyl (C=O) groups is 2. The van der Waals surface area contributed by atoms with Crippen molar-refractivity contribution in [3.63, 3.8) is 0 Å². The monoisotopic (exact) mass is 375 g/mol. The van der Waals surface area contributed by atoms with Gasteiger partial charge in [-0.2, -0.15) is 0 Å². The molecule has 0 aliphatic carbocycles.